The molecule has 1 aliphatic heterocycles. The highest BCUT2D eigenvalue weighted by Crippen LogP contribution is 2.33. The van der Waals surface area contributed by atoms with Crippen molar-refractivity contribution in [2.24, 2.45) is 16.0 Å². The van der Waals surface area contributed by atoms with Crippen molar-refractivity contribution in [2.45, 2.75) is 12.3 Å². The minimum atomic E-state index is -0.559. The number of amides is 1. The Morgan fingerprint density at radius 2 is 1.42 bits per heavy atom. The van der Waals surface area contributed by atoms with Crippen molar-refractivity contribution in [1.29, 1.82) is 0 Å². The number of hydrazone groups is 1. The molecule has 1 aromatic heterocycles. The van der Waals surface area contributed by atoms with E-state index in [2.05, 4.69) is 53.5 Å². The fourth-order valence-corrected chi connectivity index (χ4v) is 5.74. The molecule has 0 fully saturated rings. The number of aliphatic imine (C=N–C) groups is 1. The highest BCUT2D eigenvalue weighted by molar-refractivity contribution is 7.22. The molecule has 0 saturated heterocycles. The third kappa shape index (κ3) is 4.91. The molecule has 38 heavy (non-hydrogen) atoms. The lowest BCUT2D eigenvalue weighted by molar-refractivity contribution is -0.118. The number of rotatable bonds is 8. The van der Waals surface area contributed by atoms with Crippen LogP contribution in [0.2, 0.25) is 0 Å². The van der Waals surface area contributed by atoms with Crippen molar-refractivity contribution in [3.8, 4) is 0 Å². The van der Waals surface area contributed by atoms with Crippen LogP contribution in [0.25, 0.3) is 10.2 Å². The van der Waals surface area contributed by atoms with Gasteiger partial charge in [0.2, 0.25) is 5.13 Å². The van der Waals surface area contributed by atoms with E-state index in [1.807, 2.05) is 66.7 Å². The van der Waals surface area contributed by atoms with Gasteiger partial charge in [-0.1, -0.05) is 114 Å². The van der Waals surface area contributed by atoms with E-state index in [-0.39, 0.29) is 11.8 Å². The Hall–Kier alpha value is -4.42. The zero-order valence-corrected chi connectivity index (χ0v) is 21.5. The van der Waals surface area contributed by atoms with Crippen LogP contribution in [0.15, 0.2) is 125 Å². The van der Waals surface area contributed by atoms with Crippen LogP contribution in [-0.4, -0.2) is 29.4 Å². The molecule has 5 nitrogen and oxygen atoms in total. The predicted molar refractivity (Wildman–Crippen MR) is 156 cm³/mol. The molecule has 6 rings (SSSR count). The van der Waals surface area contributed by atoms with Gasteiger partial charge in [-0.05, 0) is 35.2 Å². The number of para-hydroxylation sites is 1. The van der Waals surface area contributed by atoms with Gasteiger partial charge in [0.05, 0.1) is 15.9 Å². The zero-order valence-electron chi connectivity index (χ0n) is 20.7. The standard InChI is InChI=1S/C32H26N4OS/c37-31-27(22-33-21-20-26(23-12-4-1-5-13-23)24-14-6-2-7-15-24)30(25-16-8-3-9-17-25)35-36(31)32-34-28-18-10-11-19-29(28)38-32/h1-19,22,26-27H,20-21H2. The van der Waals surface area contributed by atoms with Crippen LogP contribution in [0.1, 0.15) is 29.0 Å². The van der Waals surface area contributed by atoms with Crippen molar-refractivity contribution < 1.29 is 4.79 Å². The average molecular weight is 515 g/mol. The van der Waals surface area contributed by atoms with Gasteiger partial charge < -0.3 is 0 Å². The number of carbonyl (C=O) groups is 1. The topological polar surface area (TPSA) is 57.9 Å². The first-order valence-electron chi connectivity index (χ1n) is 12.7. The molecule has 6 heteroatoms. The summed E-state index contributed by atoms with van der Waals surface area (Å²) in [5, 5.41) is 6.77. The van der Waals surface area contributed by atoms with Gasteiger partial charge >= 0.3 is 0 Å². The fourth-order valence-electron chi connectivity index (χ4n) is 4.82. The Balaban J connectivity index is 1.25. The van der Waals surface area contributed by atoms with Crippen LogP contribution in [0.4, 0.5) is 5.13 Å². The lowest BCUT2D eigenvalue weighted by atomic mass is 9.88. The first kappa shape index (κ1) is 23.9. The van der Waals surface area contributed by atoms with Crippen molar-refractivity contribution >= 4 is 44.5 Å². The van der Waals surface area contributed by atoms with Crippen molar-refractivity contribution in [3.05, 3.63) is 132 Å². The molecule has 0 radical (unpaired) electrons. The predicted octanol–water partition coefficient (Wildman–Crippen LogP) is 6.96. The maximum absolute atomic E-state index is 13.6. The number of benzene rings is 4. The largest absolute Gasteiger partial charge is 0.296 e. The first-order valence-corrected chi connectivity index (χ1v) is 13.5. The number of aromatic nitrogens is 1. The van der Waals surface area contributed by atoms with Crippen LogP contribution in [0, 0.1) is 5.92 Å². The van der Waals surface area contributed by atoms with Crippen molar-refractivity contribution in [2.75, 3.05) is 11.6 Å². The first-order chi connectivity index (χ1) is 18.8. The van der Waals surface area contributed by atoms with Crippen LogP contribution in [0.5, 0.6) is 0 Å². The molecule has 0 bridgehead atoms. The lowest BCUT2D eigenvalue weighted by Crippen LogP contribution is -2.28. The van der Waals surface area contributed by atoms with E-state index in [0.29, 0.717) is 17.4 Å². The minimum absolute atomic E-state index is 0.130. The second-order valence-electron chi connectivity index (χ2n) is 9.16. The molecule has 0 saturated carbocycles. The molecule has 0 N–H and O–H groups in total. The third-order valence-corrected chi connectivity index (χ3v) is 7.73. The SMILES string of the molecule is O=C1C(C=NCCC(c2ccccc2)c2ccccc2)C(c2ccccc2)=NN1c1nc2ccccc2s1. The van der Waals surface area contributed by atoms with Gasteiger partial charge in [-0.25, -0.2) is 4.98 Å². The van der Waals surface area contributed by atoms with E-state index in [1.54, 1.807) is 6.21 Å². The van der Waals surface area contributed by atoms with Crippen molar-refractivity contribution in [1.82, 2.24) is 4.98 Å². The van der Waals surface area contributed by atoms with Crippen LogP contribution >= 0.6 is 11.3 Å². The number of nitrogens with zero attached hydrogens (tertiary/aromatic N) is 4. The molecule has 2 heterocycles. The highest BCUT2D eigenvalue weighted by atomic mass is 32.1. The summed E-state index contributed by atoms with van der Waals surface area (Å²) in [5.74, 6) is -0.457. The fraction of sp³-hybridized carbons (Fsp3) is 0.125. The molecular weight excluding hydrogens is 488 g/mol. The summed E-state index contributed by atoms with van der Waals surface area (Å²) < 4.78 is 1.02. The van der Waals surface area contributed by atoms with Gasteiger partial charge in [0.15, 0.2) is 0 Å². The monoisotopic (exact) mass is 514 g/mol. The smallest absolute Gasteiger partial charge is 0.264 e. The molecule has 186 valence electrons. The summed E-state index contributed by atoms with van der Waals surface area (Å²) >= 11 is 1.47. The number of anilines is 1. The average Bonchev–Trinajstić information content (AvgIpc) is 3.55. The highest BCUT2D eigenvalue weighted by Gasteiger charge is 2.37. The normalized spacial score (nSPS) is 15.6. The summed E-state index contributed by atoms with van der Waals surface area (Å²) in [4.78, 5) is 23.1. The van der Waals surface area contributed by atoms with Crippen LogP contribution in [-0.2, 0) is 4.79 Å². The molecule has 1 atom stereocenters. The van der Waals surface area contributed by atoms with Crippen LogP contribution in [0.3, 0.4) is 0 Å². The number of fused-ring (bicyclic) bond motifs is 1. The van der Waals surface area contributed by atoms with E-state index in [4.69, 9.17) is 10.1 Å². The number of thiazole rings is 1. The summed E-state index contributed by atoms with van der Waals surface area (Å²) in [5.41, 5.74) is 4.99. The molecular formula is C32H26N4OS. The lowest BCUT2D eigenvalue weighted by Gasteiger charge is -2.17. The number of carbonyl (C=O) groups excluding carboxylic acids is 1. The van der Waals surface area contributed by atoms with Gasteiger partial charge in [0, 0.05) is 18.7 Å². The minimum Gasteiger partial charge on any atom is -0.296 e. The molecule has 1 amide bonds. The summed E-state index contributed by atoms with van der Waals surface area (Å²) in [6.07, 6.45) is 2.61. The molecule has 0 spiro atoms. The molecule has 1 unspecified atom stereocenters. The maximum Gasteiger partial charge on any atom is 0.264 e. The summed E-state index contributed by atoms with van der Waals surface area (Å²) in [6, 6.07) is 38.8. The van der Waals surface area contributed by atoms with E-state index in [0.717, 1.165) is 22.2 Å². The number of hydrogen-bond acceptors (Lipinski definition) is 5. The van der Waals surface area contributed by atoms with Crippen molar-refractivity contribution in [3.63, 3.8) is 0 Å². The van der Waals surface area contributed by atoms with Gasteiger partial charge in [0.1, 0.15) is 5.92 Å². The third-order valence-electron chi connectivity index (χ3n) is 6.72. The Kier molecular flexibility index (Phi) is 6.87. The summed E-state index contributed by atoms with van der Waals surface area (Å²) in [7, 11) is 0. The van der Waals surface area contributed by atoms with Gasteiger partial charge in [0.25, 0.3) is 5.91 Å². The van der Waals surface area contributed by atoms with E-state index in [1.165, 1.54) is 27.5 Å². The Morgan fingerprint density at radius 1 is 0.816 bits per heavy atom. The Labute approximate surface area is 225 Å². The molecule has 5 aromatic rings. The summed E-state index contributed by atoms with van der Waals surface area (Å²) in [6.45, 7) is 0.599. The Morgan fingerprint density at radius 3 is 2.08 bits per heavy atom. The van der Waals surface area contributed by atoms with Crippen LogP contribution < -0.4 is 5.01 Å². The zero-order chi connectivity index (χ0) is 25.7. The van der Waals surface area contributed by atoms with E-state index >= 15 is 0 Å². The molecule has 1 aliphatic rings. The van der Waals surface area contributed by atoms with Gasteiger partial charge in [-0.2, -0.15) is 10.1 Å². The second-order valence-corrected chi connectivity index (χ2v) is 10.2. The Bertz CT molecular complexity index is 1520. The second kappa shape index (κ2) is 10.9. The van der Waals surface area contributed by atoms with Gasteiger partial charge in [-0.3, -0.25) is 9.79 Å². The quantitative estimate of drug-likeness (QED) is 0.210. The van der Waals surface area contributed by atoms with Gasteiger partial charge in [-0.15, -0.1) is 0 Å². The molecule has 4 aromatic carbocycles. The maximum atomic E-state index is 13.6. The molecule has 0 aliphatic carbocycles. The van der Waals surface area contributed by atoms with E-state index < -0.39 is 5.92 Å². The number of hydrogen-bond donors (Lipinski definition) is 0. The van der Waals surface area contributed by atoms with E-state index in [9.17, 15) is 4.79 Å².